The van der Waals surface area contributed by atoms with Crippen LogP contribution in [0.5, 0.6) is 5.19 Å². The van der Waals surface area contributed by atoms with Gasteiger partial charge in [-0.1, -0.05) is 53.3 Å². The second-order valence-electron chi connectivity index (χ2n) is 17.1. The Morgan fingerprint density at radius 3 is 1.50 bits per heavy atom. The Labute approximate surface area is 436 Å². The number of halogens is 2. The van der Waals surface area contributed by atoms with Crippen LogP contribution in [0.2, 0.25) is 0 Å². The summed E-state index contributed by atoms with van der Waals surface area (Å²) in [6.45, 7) is 9.55. The van der Waals surface area contributed by atoms with Crippen LogP contribution in [-0.4, -0.2) is 105 Å². The van der Waals surface area contributed by atoms with Crippen LogP contribution in [0.15, 0.2) is 99.2 Å². The van der Waals surface area contributed by atoms with Gasteiger partial charge in [-0.25, -0.2) is 19.7 Å². The molecular formula is C50H52Br2N10O5S3. The lowest BCUT2D eigenvalue weighted by Gasteiger charge is -2.33. The molecule has 3 aromatic heterocycles. The van der Waals surface area contributed by atoms with Gasteiger partial charge in [0.25, 0.3) is 17.0 Å². The van der Waals surface area contributed by atoms with Gasteiger partial charge in [0.2, 0.25) is 0 Å². The number of nitrogens with zero attached hydrogens (tertiary/aromatic N) is 8. The summed E-state index contributed by atoms with van der Waals surface area (Å²) in [5.41, 5.74) is 6.33. The van der Waals surface area contributed by atoms with E-state index in [1.165, 1.54) is 51.2 Å². The molecular weight excluding hydrogens is 1080 g/mol. The topological polar surface area (TPSA) is 201 Å². The number of aromatic carboxylic acids is 1. The summed E-state index contributed by atoms with van der Waals surface area (Å²) in [5, 5.41) is 33.0. The first-order valence-corrected chi connectivity index (χ1v) is 26.9. The molecule has 364 valence electrons. The van der Waals surface area contributed by atoms with E-state index in [1.54, 1.807) is 12.4 Å². The van der Waals surface area contributed by atoms with E-state index in [1.807, 2.05) is 48.5 Å². The van der Waals surface area contributed by atoms with Crippen LogP contribution in [-0.2, 0) is 13.1 Å². The van der Waals surface area contributed by atoms with Crippen LogP contribution in [0.1, 0.15) is 95.4 Å². The smallest absolute Gasteiger partial charge is 0.347 e. The predicted molar refractivity (Wildman–Crippen MR) is 280 cm³/mol. The molecule has 6 heterocycles. The molecule has 0 aliphatic carbocycles. The molecule has 15 nitrogen and oxygen atoms in total. The van der Waals surface area contributed by atoms with Crippen LogP contribution in [0, 0.1) is 29.6 Å². The standard InChI is InChI=1S/C29H33N5O2S.C17H17BrN4OS.C4H2BrNO2S/c1-21-2-8-25(9-3-21)34-16-12-26(13-17-34)36-29-31-19-27(37-29)28(35)32-24-10-14-33(15-11-24)20-23-6-4-22(18-30)5-7-23;18-17-20-10-15(24-17)16(23)21-14-5-7-22(8-6-14)11-13-3-1-12(9-19)2-4-13;5-4-6-1-2(9-4)3(7)8/h2-9,19,24,26H,10-17,20H2,1H3,(H,32,35);1-4,10,14H,5-8,11H2,(H,21,23);1H,(H,7,8). The minimum absolute atomic E-state index is 0.0382. The minimum Gasteiger partial charge on any atom is -0.477 e. The number of aryl methyl sites for hydroxylation is 1. The van der Waals surface area contributed by atoms with Gasteiger partial charge in [-0.05, 0) is 112 Å². The molecule has 0 radical (unpaired) electrons. The monoisotopic (exact) mass is 1130 g/mol. The Morgan fingerprint density at radius 1 is 0.643 bits per heavy atom. The highest BCUT2D eigenvalue weighted by atomic mass is 79.9. The van der Waals surface area contributed by atoms with E-state index in [-0.39, 0.29) is 34.9 Å². The van der Waals surface area contributed by atoms with Crippen LogP contribution in [0.25, 0.3) is 0 Å². The molecule has 0 saturated carbocycles. The number of carboxylic acid groups (broad SMARTS) is 1. The zero-order valence-electron chi connectivity index (χ0n) is 38.4. The van der Waals surface area contributed by atoms with Crippen molar-refractivity contribution in [1.82, 2.24) is 35.4 Å². The SMILES string of the molecule is Cc1ccc(N2CCC(Oc3ncc(C(=O)NC4CCN(Cc5ccc(C#N)cc5)CC4)s3)CC2)cc1.N#Cc1ccc(CN2CCC(NC(=O)c3cnc(Br)s3)CC2)cc1.O=C(O)c1cnc(Br)s1. The van der Waals surface area contributed by atoms with Crippen LogP contribution < -0.4 is 20.3 Å². The van der Waals surface area contributed by atoms with Gasteiger partial charge in [0.1, 0.15) is 20.7 Å². The number of hydrogen-bond donors (Lipinski definition) is 3. The van der Waals surface area contributed by atoms with E-state index in [0.29, 0.717) is 30.0 Å². The molecule has 6 aromatic rings. The van der Waals surface area contributed by atoms with Crippen molar-refractivity contribution in [2.24, 2.45) is 0 Å². The van der Waals surface area contributed by atoms with Crippen molar-refractivity contribution in [3.63, 3.8) is 0 Å². The molecule has 2 amide bonds. The number of likely N-dealkylation sites (tertiary alicyclic amines) is 2. The second kappa shape index (κ2) is 26.0. The molecule has 3 aromatic carbocycles. The summed E-state index contributed by atoms with van der Waals surface area (Å²) in [4.78, 5) is 55.9. The summed E-state index contributed by atoms with van der Waals surface area (Å²) < 4.78 is 7.46. The van der Waals surface area contributed by atoms with Crippen molar-refractivity contribution in [1.29, 1.82) is 10.5 Å². The number of piperidine rings is 3. The van der Waals surface area contributed by atoms with Crippen molar-refractivity contribution < 1.29 is 24.2 Å². The van der Waals surface area contributed by atoms with Gasteiger partial charge < -0.3 is 25.4 Å². The number of thiazole rings is 3. The number of amides is 2. The average Bonchev–Trinajstić information content (AvgIpc) is 4.16. The number of carbonyl (C=O) groups is 3. The van der Waals surface area contributed by atoms with Crippen molar-refractivity contribution in [3.8, 4) is 17.3 Å². The normalized spacial score (nSPS) is 15.8. The van der Waals surface area contributed by atoms with Gasteiger partial charge >= 0.3 is 5.97 Å². The Morgan fingerprint density at radius 2 is 1.09 bits per heavy atom. The lowest BCUT2D eigenvalue weighted by Crippen LogP contribution is -2.44. The van der Waals surface area contributed by atoms with E-state index in [4.69, 9.17) is 20.4 Å². The van der Waals surface area contributed by atoms with Gasteiger partial charge in [0.15, 0.2) is 7.83 Å². The zero-order valence-corrected chi connectivity index (χ0v) is 44.1. The van der Waals surface area contributed by atoms with E-state index in [9.17, 15) is 14.4 Å². The molecule has 9 rings (SSSR count). The molecule has 20 heteroatoms. The molecule has 3 aliphatic rings. The Kier molecular flexibility index (Phi) is 19.4. The van der Waals surface area contributed by atoms with Crippen LogP contribution >= 0.6 is 65.9 Å². The number of benzene rings is 3. The third-order valence-corrected chi connectivity index (χ3v) is 15.9. The molecule has 70 heavy (non-hydrogen) atoms. The third kappa shape index (κ3) is 16.0. The highest BCUT2D eigenvalue weighted by Crippen LogP contribution is 2.28. The van der Waals surface area contributed by atoms with E-state index in [2.05, 4.69) is 115 Å². The van der Waals surface area contributed by atoms with Gasteiger partial charge in [0.05, 0.1) is 41.9 Å². The molecule has 0 bridgehead atoms. The maximum atomic E-state index is 12.8. The molecule has 0 spiro atoms. The Hall–Kier alpha value is -5.58. The fraction of sp³-hybridized carbons (Fsp3) is 0.360. The van der Waals surface area contributed by atoms with Gasteiger partial charge in [0, 0.05) is 83.0 Å². The maximum absolute atomic E-state index is 12.8. The zero-order chi connectivity index (χ0) is 49.4. The molecule has 0 unspecified atom stereocenters. The number of anilines is 1. The Bertz CT molecular complexity index is 2730. The van der Waals surface area contributed by atoms with Gasteiger partial charge in [-0.15, -0.1) is 22.7 Å². The highest BCUT2D eigenvalue weighted by Gasteiger charge is 2.26. The lowest BCUT2D eigenvalue weighted by molar-refractivity contribution is 0.0701. The van der Waals surface area contributed by atoms with Crippen molar-refractivity contribution in [2.45, 2.75) is 76.7 Å². The first-order valence-electron chi connectivity index (χ1n) is 22.8. The first-order chi connectivity index (χ1) is 33.9. The predicted octanol–water partition coefficient (Wildman–Crippen LogP) is 9.54. The Balaban J connectivity index is 0.000000186. The second-order valence-corrected chi connectivity index (χ2v) is 22.7. The number of ether oxygens (including phenoxy) is 1. The number of nitrogens with one attached hydrogen (secondary N) is 2. The fourth-order valence-corrected chi connectivity index (χ4v) is 11.1. The number of aromatic nitrogens is 3. The van der Waals surface area contributed by atoms with E-state index >= 15 is 0 Å². The van der Waals surface area contributed by atoms with Crippen molar-refractivity contribution in [3.05, 3.63) is 142 Å². The molecule has 3 fully saturated rings. The molecule has 3 saturated heterocycles. The van der Waals surface area contributed by atoms with Gasteiger partial charge in [-0.3, -0.25) is 19.4 Å². The molecule has 3 aliphatic heterocycles. The summed E-state index contributed by atoms with van der Waals surface area (Å²) in [5.74, 6) is -1.03. The minimum atomic E-state index is -0.932. The molecule has 0 atom stereocenters. The average molecular weight is 1130 g/mol. The van der Waals surface area contributed by atoms with Crippen molar-refractivity contribution >= 4 is 89.3 Å². The number of nitriles is 2. The number of rotatable bonds is 12. The fourth-order valence-electron chi connectivity index (χ4n) is 8.13. The maximum Gasteiger partial charge on any atom is 0.347 e. The summed E-state index contributed by atoms with van der Waals surface area (Å²) >= 11 is 10.1. The molecule has 3 N–H and O–H groups in total. The van der Waals surface area contributed by atoms with E-state index < -0.39 is 5.97 Å². The summed E-state index contributed by atoms with van der Waals surface area (Å²) in [6, 6.07) is 28.8. The van der Waals surface area contributed by atoms with E-state index in [0.717, 1.165) is 106 Å². The first kappa shape index (κ1) is 52.2. The summed E-state index contributed by atoms with van der Waals surface area (Å²) in [6.07, 6.45) is 10.3. The largest absolute Gasteiger partial charge is 0.477 e. The quantitative estimate of drug-likeness (QED) is 0.105. The number of carboxylic acids is 1. The van der Waals surface area contributed by atoms with Gasteiger partial charge in [-0.2, -0.15) is 10.5 Å². The highest BCUT2D eigenvalue weighted by molar-refractivity contribution is 9.11. The van der Waals surface area contributed by atoms with Crippen LogP contribution in [0.3, 0.4) is 0 Å². The third-order valence-electron chi connectivity index (χ3n) is 12.0. The summed E-state index contributed by atoms with van der Waals surface area (Å²) in [7, 11) is 0. The lowest BCUT2D eigenvalue weighted by atomic mass is 10.0. The number of hydrogen-bond acceptors (Lipinski definition) is 15. The number of carbonyl (C=O) groups excluding carboxylic acids is 2. The van der Waals surface area contributed by atoms with Crippen LogP contribution in [0.4, 0.5) is 5.69 Å². The van der Waals surface area contributed by atoms with Crippen molar-refractivity contribution in [2.75, 3.05) is 44.2 Å².